The zero-order valence-corrected chi connectivity index (χ0v) is 12.2. The summed E-state index contributed by atoms with van der Waals surface area (Å²) in [7, 11) is 0. The Balaban J connectivity index is 2.06. The predicted molar refractivity (Wildman–Crippen MR) is 84.8 cm³/mol. The molecule has 3 rings (SSSR count). The van der Waals surface area contributed by atoms with Crippen molar-refractivity contribution in [2.24, 2.45) is 0 Å². The van der Waals surface area contributed by atoms with E-state index in [1.807, 2.05) is 18.2 Å². The van der Waals surface area contributed by atoms with Crippen molar-refractivity contribution in [1.82, 2.24) is 4.98 Å². The van der Waals surface area contributed by atoms with Gasteiger partial charge in [0.1, 0.15) is 0 Å². The van der Waals surface area contributed by atoms with E-state index in [-0.39, 0.29) is 0 Å². The lowest BCUT2D eigenvalue weighted by molar-refractivity contribution is 1.32. The molecule has 0 spiro atoms. The minimum atomic E-state index is 1.02. The normalized spacial score (nSPS) is 10.6. The third-order valence-corrected chi connectivity index (χ3v) is 5.00. The Kier molecular flexibility index (Phi) is 3.67. The predicted octanol–water partition coefficient (Wildman–Crippen LogP) is 5.20. The van der Waals surface area contributed by atoms with Crippen LogP contribution >= 0.6 is 23.1 Å². The number of benzene rings is 1. The smallest absolute Gasteiger partial charge is 0.0729 e. The zero-order valence-electron chi connectivity index (χ0n) is 10.5. The van der Waals surface area contributed by atoms with E-state index in [0.29, 0.717) is 0 Å². The summed E-state index contributed by atoms with van der Waals surface area (Å²) in [4.78, 5) is 4.79. The van der Waals surface area contributed by atoms with Crippen LogP contribution in [0.1, 0.15) is 0 Å². The summed E-state index contributed by atoms with van der Waals surface area (Å²) in [5.41, 5.74) is 4.46. The molecule has 0 aliphatic carbocycles. The highest BCUT2D eigenvalue weighted by molar-refractivity contribution is 8.00. The van der Waals surface area contributed by atoms with Crippen LogP contribution in [0, 0.1) is 0 Å². The second-order valence-corrected chi connectivity index (χ2v) is 6.09. The van der Waals surface area contributed by atoms with Gasteiger partial charge in [-0.05, 0) is 29.8 Å². The van der Waals surface area contributed by atoms with Gasteiger partial charge in [-0.3, -0.25) is 0 Å². The minimum absolute atomic E-state index is 1.02. The van der Waals surface area contributed by atoms with Crippen molar-refractivity contribution in [1.29, 1.82) is 0 Å². The van der Waals surface area contributed by atoms with E-state index in [2.05, 4.69) is 48.0 Å². The lowest BCUT2D eigenvalue weighted by Gasteiger charge is -2.05. The first-order valence-electron chi connectivity index (χ1n) is 6.03. The topological polar surface area (TPSA) is 12.9 Å². The van der Waals surface area contributed by atoms with Gasteiger partial charge in [0.15, 0.2) is 0 Å². The monoisotopic (exact) mass is 283 g/mol. The summed E-state index contributed by atoms with van der Waals surface area (Å²) in [6, 6.07) is 18.7. The van der Waals surface area contributed by atoms with Crippen LogP contribution in [0.4, 0.5) is 0 Å². The summed E-state index contributed by atoms with van der Waals surface area (Å²) in [5, 5.41) is 2.12. The van der Waals surface area contributed by atoms with E-state index in [4.69, 9.17) is 4.98 Å². The number of hydrogen-bond donors (Lipinski definition) is 0. The maximum atomic E-state index is 4.79. The van der Waals surface area contributed by atoms with Crippen molar-refractivity contribution < 1.29 is 0 Å². The Bertz CT molecular complexity index is 674. The van der Waals surface area contributed by atoms with Crippen LogP contribution in [0.15, 0.2) is 64.2 Å². The van der Waals surface area contributed by atoms with Crippen LogP contribution in [0.3, 0.4) is 0 Å². The molecule has 19 heavy (non-hydrogen) atoms. The maximum absolute atomic E-state index is 4.79. The molecular formula is C16H13NS2. The number of rotatable bonds is 3. The summed E-state index contributed by atoms with van der Waals surface area (Å²) < 4.78 is 1.32. The van der Waals surface area contributed by atoms with Gasteiger partial charge in [0.2, 0.25) is 0 Å². The first kappa shape index (κ1) is 12.5. The molecule has 3 heteroatoms. The fraction of sp³-hybridized carbons (Fsp3) is 0.0625. The van der Waals surface area contributed by atoms with Gasteiger partial charge in [-0.1, -0.05) is 36.4 Å². The van der Waals surface area contributed by atoms with Crippen LogP contribution in [0.5, 0.6) is 0 Å². The summed E-state index contributed by atoms with van der Waals surface area (Å²) in [6.07, 6.45) is 2.11. The van der Waals surface area contributed by atoms with Gasteiger partial charge in [-0.25, -0.2) is 4.98 Å². The van der Waals surface area contributed by atoms with Crippen LogP contribution in [0.25, 0.3) is 22.5 Å². The molecule has 2 heterocycles. The van der Waals surface area contributed by atoms with E-state index < -0.39 is 0 Å². The van der Waals surface area contributed by atoms with Crippen LogP contribution in [-0.4, -0.2) is 11.2 Å². The quantitative estimate of drug-likeness (QED) is 0.613. The Hall–Kier alpha value is -1.58. The summed E-state index contributed by atoms with van der Waals surface area (Å²) in [5.74, 6) is 0. The average Bonchev–Trinajstić information content (AvgIpc) is 2.97. The molecule has 1 nitrogen and oxygen atoms in total. The van der Waals surface area contributed by atoms with Gasteiger partial charge in [0.05, 0.1) is 15.6 Å². The Labute approximate surface area is 121 Å². The fourth-order valence-electron chi connectivity index (χ4n) is 2.00. The van der Waals surface area contributed by atoms with Crippen LogP contribution < -0.4 is 0 Å². The van der Waals surface area contributed by atoms with Crippen LogP contribution in [-0.2, 0) is 0 Å². The molecule has 0 saturated carbocycles. The molecule has 0 aliphatic heterocycles. The highest BCUT2D eigenvalue weighted by Gasteiger charge is 2.08. The third kappa shape index (κ3) is 2.57. The SMILES string of the molecule is CSc1sccc1-c1cccc(-c2ccccc2)n1. The highest BCUT2D eigenvalue weighted by atomic mass is 32.2. The molecule has 94 valence electrons. The van der Waals surface area contributed by atoms with Gasteiger partial charge in [0, 0.05) is 11.1 Å². The van der Waals surface area contributed by atoms with Crippen molar-refractivity contribution in [3.8, 4) is 22.5 Å². The van der Waals surface area contributed by atoms with E-state index in [1.165, 1.54) is 9.77 Å². The second kappa shape index (κ2) is 5.59. The van der Waals surface area contributed by atoms with Crippen LogP contribution in [0.2, 0.25) is 0 Å². The Morgan fingerprint density at radius 1 is 0.895 bits per heavy atom. The minimum Gasteiger partial charge on any atom is -0.248 e. The Morgan fingerprint density at radius 3 is 2.47 bits per heavy atom. The highest BCUT2D eigenvalue weighted by Crippen LogP contribution is 2.34. The van der Waals surface area contributed by atoms with Crippen molar-refractivity contribution in [3.63, 3.8) is 0 Å². The number of aromatic nitrogens is 1. The van der Waals surface area contributed by atoms with Gasteiger partial charge >= 0.3 is 0 Å². The summed E-state index contributed by atoms with van der Waals surface area (Å²) >= 11 is 3.55. The standard InChI is InChI=1S/C16H13NS2/c1-18-16-13(10-11-19-16)15-9-5-8-14(17-15)12-6-3-2-4-7-12/h2-11H,1H3. The number of nitrogens with zero attached hydrogens (tertiary/aromatic N) is 1. The molecular weight excluding hydrogens is 270 g/mol. The van der Waals surface area contributed by atoms with Gasteiger partial charge in [-0.15, -0.1) is 23.1 Å². The summed E-state index contributed by atoms with van der Waals surface area (Å²) in [6.45, 7) is 0. The molecule has 0 saturated heterocycles. The molecule has 0 unspecified atom stereocenters. The average molecular weight is 283 g/mol. The molecule has 0 atom stereocenters. The lowest BCUT2D eigenvalue weighted by atomic mass is 10.1. The number of hydrogen-bond acceptors (Lipinski definition) is 3. The molecule has 0 amide bonds. The first-order chi connectivity index (χ1) is 9.38. The Morgan fingerprint density at radius 2 is 1.68 bits per heavy atom. The molecule has 0 radical (unpaired) electrons. The number of pyridine rings is 1. The van der Waals surface area contributed by atoms with Gasteiger partial charge < -0.3 is 0 Å². The largest absolute Gasteiger partial charge is 0.248 e. The van der Waals surface area contributed by atoms with E-state index in [0.717, 1.165) is 17.0 Å². The molecule has 0 aliphatic rings. The zero-order chi connectivity index (χ0) is 13.1. The first-order valence-corrected chi connectivity index (χ1v) is 8.13. The third-order valence-electron chi connectivity index (χ3n) is 2.91. The molecule has 0 N–H and O–H groups in total. The molecule has 1 aromatic carbocycles. The van der Waals surface area contributed by atoms with E-state index >= 15 is 0 Å². The fourth-order valence-corrected chi connectivity index (χ4v) is 3.57. The van der Waals surface area contributed by atoms with Crippen molar-refractivity contribution in [3.05, 3.63) is 60.0 Å². The van der Waals surface area contributed by atoms with E-state index in [9.17, 15) is 0 Å². The number of thioether (sulfide) groups is 1. The lowest BCUT2D eigenvalue weighted by Crippen LogP contribution is -1.87. The molecule has 3 aromatic rings. The van der Waals surface area contributed by atoms with E-state index in [1.54, 1.807) is 23.1 Å². The molecule has 0 fully saturated rings. The number of thiophene rings is 1. The van der Waals surface area contributed by atoms with Crippen molar-refractivity contribution >= 4 is 23.1 Å². The van der Waals surface area contributed by atoms with Gasteiger partial charge in [0.25, 0.3) is 0 Å². The second-order valence-electron chi connectivity index (χ2n) is 4.10. The molecule has 2 aromatic heterocycles. The van der Waals surface area contributed by atoms with Gasteiger partial charge in [-0.2, -0.15) is 0 Å². The van der Waals surface area contributed by atoms with Crippen molar-refractivity contribution in [2.45, 2.75) is 4.21 Å². The van der Waals surface area contributed by atoms with Crippen molar-refractivity contribution in [2.75, 3.05) is 6.26 Å². The molecule has 0 bridgehead atoms. The maximum Gasteiger partial charge on any atom is 0.0729 e.